The van der Waals surface area contributed by atoms with E-state index in [4.69, 9.17) is 11.6 Å². The third kappa shape index (κ3) is 5.21. The second-order valence-electron chi connectivity index (χ2n) is 4.57. The molecule has 1 aliphatic carbocycles. The Hall–Kier alpha value is 0.240. The van der Waals surface area contributed by atoms with Crippen molar-refractivity contribution < 1.29 is 8.42 Å². The standard InChI is InChI=1S/C11H21ClO2S/c1-2-7-15(13,14)8-6-10-4-3-5-11(12)9-10/h10-11H,2-9H2,1H3. The van der Waals surface area contributed by atoms with Crippen LogP contribution in [0.2, 0.25) is 0 Å². The summed E-state index contributed by atoms with van der Waals surface area (Å²) in [6, 6.07) is 0. The zero-order valence-electron chi connectivity index (χ0n) is 9.41. The number of halogens is 1. The van der Waals surface area contributed by atoms with Crippen molar-refractivity contribution in [1.29, 1.82) is 0 Å². The molecule has 0 aromatic heterocycles. The molecule has 4 heteroatoms. The molecule has 1 saturated carbocycles. The molecule has 0 N–H and O–H groups in total. The van der Waals surface area contributed by atoms with Crippen LogP contribution in [0, 0.1) is 5.92 Å². The number of hydrogen-bond donors (Lipinski definition) is 0. The maximum atomic E-state index is 11.5. The molecule has 2 atom stereocenters. The van der Waals surface area contributed by atoms with Crippen LogP contribution < -0.4 is 0 Å². The minimum atomic E-state index is -2.79. The summed E-state index contributed by atoms with van der Waals surface area (Å²) in [6.07, 6.45) is 5.96. The summed E-state index contributed by atoms with van der Waals surface area (Å²) in [5, 5.41) is 0.276. The first kappa shape index (κ1) is 13.3. The van der Waals surface area contributed by atoms with E-state index < -0.39 is 9.84 Å². The van der Waals surface area contributed by atoms with Gasteiger partial charge < -0.3 is 0 Å². The molecule has 0 aromatic carbocycles. The summed E-state index contributed by atoms with van der Waals surface area (Å²) >= 11 is 6.07. The molecule has 0 saturated heterocycles. The molecule has 1 aliphatic rings. The summed E-state index contributed by atoms with van der Waals surface area (Å²) in [7, 11) is -2.79. The van der Waals surface area contributed by atoms with Gasteiger partial charge in [0.2, 0.25) is 0 Å². The highest BCUT2D eigenvalue weighted by molar-refractivity contribution is 7.91. The van der Waals surface area contributed by atoms with Crippen molar-refractivity contribution in [3.63, 3.8) is 0 Å². The third-order valence-corrected chi connectivity index (χ3v) is 5.36. The second-order valence-corrected chi connectivity index (χ2v) is 7.49. The molecule has 0 heterocycles. The van der Waals surface area contributed by atoms with Crippen LogP contribution in [0.4, 0.5) is 0 Å². The molecule has 1 rings (SSSR count). The fourth-order valence-electron chi connectivity index (χ4n) is 2.25. The SMILES string of the molecule is CCCS(=O)(=O)CCC1CCCC(Cl)C1. The van der Waals surface area contributed by atoms with Crippen LogP contribution in [0.15, 0.2) is 0 Å². The second kappa shape index (κ2) is 6.09. The smallest absolute Gasteiger partial charge is 0.150 e. The molecule has 0 spiro atoms. The molecular weight excluding hydrogens is 232 g/mol. The number of sulfone groups is 1. The van der Waals surface area contributed by atoms with Gasteiger partial charge in [0, 0.05) is 11.1 Å². The van der Waals surface area contributed by atoms with Crippen LogP contribution in [0.25, 0.3) is 0 Å². The van der Waals surface area contributed by atoms with Crippen molar-refractivity contribution >= 4 is 21.4 Å². The number of hydrogen-bond acceptors (Lipinski definition) is 2. The van der Waals surface area contributed by atoms with Crippen molar-refractivity contribution in [2.45, 2.75) is 50.8 Å². The largest absolute Gasteiger partial charge is 0.229 e. The average molecular weight is 253 g/mol. The van der Waals surface area contributed by atoms with E-state index in [1.54, 1.807) is 0 Å². The van der Waals surface area contributed by atoms with Gasteiger partial charge in [-0.3, -0.25) is 0 Å². The number of rotatable bonds is 5. The van der Waals surface area contributed by atoms with Crippen LogP contribution in [-0.2, 0) is 9.84 Å². The van der Waals surface area contributed by atoms with Gasteiger partial charge in [-0.2, -0.15) is 0 Å². The first-order valence-electron chi connectivity index (χ1n) is 5.88. The van der Waals surface area contributed by atoms with Gasteiger partial charge in [0.25, 0.3) is 0 Å². The van der Waals surface area contributed by atoms with Gasteiger partial charge in [0.05, 0.1) is 5.75 Å². The topological polar surface area (TPSA) is 34.1 Å². The molecule has 1 fully saturated rings. The van der Waals surface area contributed by atoms with E-state index in [9.17, 15) is 8.42 Å². The Labute approximate surface area is 98.3 Å². The fourth-order valence-corrected chi connectivity index (χ4v) is 4.17. The van der Waals surface area contributed by atoms with E-state index in [1.807, 2.05) is 6.92 Å². The first-order valence-corrected chi connectivity index (χ1v) is 8.14. The normalized spacial score (nSPS) is 27.9. The molecule has 0 aliphatic heterocycles. The van der Waals surface area contributed by atoms with E-state index in [-0.39, 0.29) is 5.38 Å². The van der Waals surface area contributed by atoms with E-state index >= 15 is 0 Å². The minimum absolute atomic E-state index is 0.276. The van der Waals surface area contributed by atoms with Crippen LogP contribution >= 0.6 is 11.6 Å². The summed E-state index contributed by atoms with van der Waals surface area (Å²) in [4.78, 5) is 0. The molecule has 0 amide bonds. The minimum Gasteiger partial charge on any atom is -0.229 e. The Kier molecular flexibility index (Phi) is 5.41. The van der Waals surface area contributed by atoms with Crippen LogP contribution in [0.1, 0.15) is 45.4 Å². The molecule has 90 valence electrons. The maximum Gasteiger partial charge on any atom is 0.150 e. The predicted molar refractivity (Wildman–Crippen MR) is 65.2 cm³/mol. The summed E-state index contributed by atoms with van der Waals surface area (Å²) in [5.74, 6) is 1.23. The zero-order valence-corrected chi connectivity index (χ0v) is 11.0. The maximum absolute atomic E-state index is 11.5. The molecule has 0 bridgehead atoms. The van der Waals surface area contributed by atoms with Crippen molar-refractivity contribution in [2.75, 3.05) is 11.5 Å². The molecule has 0 radical (unpaired) electrons. The summed E-state index contributed by atoms with van der Waals surface area (Å²) in [5.41, 5.74) is 0. The van der Waals surface area contributed by atoms with Crippen LogP contribution in [0.3, 0.4) is 0 Å². The highest BCUT2D eigenvalue weighted by Gasteiger charge is 2.21. The highest BCUT2D eigenvalue weighted by atomic mass is 35.5. The molecule has 0 aromatic rings. The molecule has 2 nitrogen and oxygen atoms in total. The summed E-state index contributed by atoms with van der Waals surface area (Å²) < 4.78 is 23.0. The van der Waals surface area contributed by atoms with Gasteiger partial charge in [0.1, 0.15) is 9.84 Å². The van der Waals surface area contributed by atoms with Crippen molar-refractivity contribution in [3.8, 4) is 0 Å². The monoisotopic (exact) mass is 252 g/mol. The number of alkyl halides is 1. The predicted octanol–water partition coefficient (Wildman–Crippen LogP) is 3.00. The third-order valence-electron chi connectivity index (χ3n) is 3.07. The van der Waals surface area contributed by atoms with Crippen LogP contribution in [-0.4, -0.2) is 25.3 Å². The van der Waals surface area contributed by atoms with E-state index in [0.29, 0.717) is 17.4 Å². The van der Waals surface area contributed by atoms with E-state index in [1.165, 1.54) is 0 Å². The lowest BCUT2D eigenvalue weighted by atomic mass is 9.87. The Balaban J connectivity index is 2.30. The Bertz CT molecular complexity index is 274. The fraction of sp³-hybridized carbons (Fsp3) is 1.00. The molecular formula is C11H21ClO2S. The van der Waals surface area contributed by atoms with Gasteiger partial charge in [0.15, 0.2) is 0 Å². The Morgan fingerprint density at radius 1 is 1.27 bits per heavy atom. The van der Waals surface area contributed by atoms with Gasteiger partial charge in [-0.25, -0.2) is 8.42 Å². The lowest BCUT2D eigenvalue weighted by molar-refractivity contribution is 0.354. The van der Waals surface area contributed by atoms with Crippen molar-refractivity contribution in [3.05, 3.63) is 0 Å². The van der Waals surface area contributed by atoms with Crippen LogP contribution in [0.5, 0.6) is 0 Å². The van der Waals surface area contributed by atoms with Crippen molar-refractivity contribution in [2.24, 2.45) is 5.92 Å². The van der Waals surface area contributed by atoms with Gasteiger partial charge >= 0.3 is 0 Å². The molecule has 15 heavy (non-hydrogen) atoms. The zero-order chi connectivity index (χ0) is 11.3. The van der Waals surface area contributed by atoms with E-state index in [0.717, 1.165) is 38.5 Å². The van der Waals surface area contributed by atoms with E-state index in [2.05, 4.69) is 0 Å². The summed E-state index contributed by atoms with van der Waals surface area (Å²) in [6.45, 7) is 1.91. The molecule has 2 unspecified atom stereocenters. The Morgan fingerprint density at radius 2 is 2.00 bits per heavy atom. The van der Waals surface area contributed by atoms with Gasteiger partial charge in [-0.05, 0) is 31.6 Å². The quantitative estimate of drug-likeness (QED) is 0.705. The van der Waals surface area contributed by atoms with Gasteiger partial charge in [-0.1, -0.05) is 19.8 Å². The van der Waals surface area contributed by atoms with Gasteiger partial charge in [-0.15, -0.1) is 11.6 Å². The lowest BCUT2D eigenvalue weighted by Gasteiger charge is -2.25. The average Bonchev–Trinajstić information content (AvgIpc) is 2.15. The van der Waals surface area contributed by atoms with Crippen molar-refractivity contribution in [1.82, 2.24) is 0 Å². The lowest BCUT2D eigenvalue weighted by Crippen LogP contribution is -2.19. The Morgan fingerprint density at radius 3 is 2.60 bits per heavy atom. The first-order chi connectivity index (χ1) is 7.03. The highest BCUT2D eigenvalue weighted by Crippen LogP contribution is 2.30.